The molecule has 0 bridgehead atoms. The number of hydrogen-bond donors (Lipinski definition) is 1. The van der Waals surface area contributed by atoms with E-state index in [0.29, 0.717) is 42.8 Å². The van der Waals surface area contributed by atoms with E-state index >= 15 is 0 Å². The van der Waals surface area contributed by atoms with Crippen LogP contribution in [0.4, 0.5) is 0 Å². The lowest BCUT2D eigenvalue weighted by Gasteiger charge is -2.22. The first-order valence-electron chi connectivity index (χ1n) is 9.17. The summed E-state index contributed by atoms with van der Waals surface area (Å²) in [6.45, 7) is 6.61. The molecule has 1 amide bonds. The Morgan fingerprint density at radius 3 is 2.64 bits per heavy atom. The summed E-state index contributed by atoms with van der Waals surface area (Å²) < 4.78 is 11.5. The molecule has 1 saturated heterocycles. The van der Waals surface area contributed by atoms with E-state index in [1.807, 2.05) is 30.4 Å². The largest absolute Gasteiger partial charge is 0.342 e. The Morgan fingerprint density at radius 2 is 1.96 bits per heavy atom. The highest BCUT2D eigenvalue weighted by molar-refractivity contribution is 7.44. The lowest BCUT2D eigenvalue weighted by atomic mass is 10.0. The first-order chi connectivity index (χ1) is 13.5. The summed E-state index contributed by atoms with van der Waals surface area (Å²) in [4.78, 5) is 26.4. The number of amides is 1. The maximum Gasteiger partial charge on any atom is 0.342 e. The van der Waals surface area contributed by atoms with Crippen molar-refractivity contribution in [2.75, 3.05) is 25.4 Å². The number of aromatic amines is 1. The van der Waals surface area contributed by atoms with Gasteiger partial charge in [0.05, 0.1) is 24.2 Å². The van der Waals surface area contributed by atoms with E-state index < -0.39 is 7.80 Å². The van der Waals surface area contributed by atoms with Crippen LogP contribution in [0.3, 0.4) is 0 Å². The Kier molecular flexibility index (Phi) is 6.32. The highest BCUT2D eigenvalue weighted by Crippen LogP contribution is 2.25. The van der Waals surface area contributed by atoms with Gasteiger partial charge in [-0.2, -0.15) is 5.10 Å². The first kappa shape index (κ1) is 19.9. The fourth-order valence-corrected chi connectivity index (χ4v) is 4.44. The molecule has 1 fully saturated rings. The summed E-state index contributed by atoms with van der Waals surface area (Å²) in [5, 5.41) is 8.13. The van der Waals surface area contributed by atoms with Crippen LogP contribution in [0.2, 0.25) is 0 Å². The number of carbonyl (C=O) groups excluding carboxylic acids is 1. The number of H-pyrrole nitrogens is 1. The molecule has 0 radical (unpaired) electrons. The number of benzene rings is 1. The van der Waals surface area contributed by atoms with Crippen molar-refractivity contribution in [3.8, 4) is 0 Å². The molecular weight excluding hydrogens is 373 g/mol. The van der Waals surface area contributed by atoms with Crippen molar-refractivity contribution in [2.45, 2.75) is 13.3 Å². The minimum Gasteiger partial charge on any atom is -0.330 e. The minimum absolute atomic E-state index is 0.0441. The predicted octanol–water partition coefficient (Wildman–Crippen LogP) is 3.19. The van der Waals surface area contributed by atoms with Gasteiger partial charge in [-0.3, -0.25) is 9.59 Å². The predicted molar refractivity (Wildman–Crippen MR) is 112 cm³/mol. The van der Waals surface area contributed by atoms with E-state index in [-0.39, 0.29) is 11.5 Å². The van der Waals surface area contributed by atoms with Crippen LogP contribution in [0.15, 0.2) is 65.0 Å². The molecule has 0 atom stereocenters. The van der Waals surface area contributed by atoms with Crippen molar-refractivity contribution < 1.29 is 9.36 Å². The Balaban J connectivity index is 1.86. The molecular formula is C21H23N3O3P+. The van der Waals surface area contributed by atoms with Crippen LogP contribution in [0.25, 0.3) is 10.8 Å². The van der Waals surface area contributed by atoms with Gasteiger partial charge < -0.3 is 4.90 Å². The van der Waals surface area contributed by atoms with Gasteiger partial charge in [-0.05, 0) is 18.6 Å². The van der Waals surface area contributed by atoms with Gasteiger partial charge in [-0.15, -0.1) is 0 Å². The molecule has 0 unspecified atom stereocenters. The van der Waals surface area contributed by atoms with Gasteiger partial charge >= 0.3 is 7.80 Å². The van der Waals surface area contributed by atoms with Gasteiger partial charge in [-0.1, -0.05) is 47.6 Å². The summed E-state index contributed by atoms with van der Waals surface area (Å²) in [5.74, 6) is -0.0441. The maximum absolute atomic E-state index is 12.7. The average molecular weight is 396 g/mol. The third kappa shape index (κ3) is 4.52. The molecule has 144 valence electrons. The first-order valence-corrected chi connectivity index (χ1v) is 10.8. The van der Waals surface area contributed by atoms with Crippen molar-refractivity contribution in [3.05, 3.63) is 76.3 Å². The van der Waals surface area contributed by atoms with Gasteiger partial charge in [0.25, 0.3) is 5.56 Å². The van der Waals surface area contributed by atoms with Crippen molar-refractivity contribution in [3.63, 3.8) is 0 Å². The second-order valence-corrected chi connectivity index (χ2v) is 8.61. The molecule has 1 N–H and O–H groups in total. The van der Waals surface area contributed by atoms with E-state index in [2.05, 4.69) is 16.8 Å². The zero-order valence-electron chi connectivity index (χ0n) is 15.9. The molecule has 2 aromatic rings. The molecule has 28 heavy (non-hydrogen) atoms. The normalized spacial score (nSPS) is 15.8. The van der Waals surface area contributed by atoms with Crippen molar-refractivity contribution >= 4 is 24.5 Å². The Bertz CT molecular complexity index is 1040. The molecule has 2 heterocycles. The van der Waals surface area contributed by atoms with E-state index in [4.69, 9.17) is 0 Å². The molecule has 6 nitrogen and oxygen atoms in total. The van der Waals surface area contributed by atoms with Crippen molar-refractivity contribution in [1.82, 2.24) is 15.1 Å². The van der Waals surface area contributed by atoms with Crippen LogP contribution in [-0.2, 0) is 15.8 Å². The van der Waals surface area contributed by atoms with E-state index in [0.717, 1.165) is 16.7 Å². The van der Waals surface area contributed by atoms with Crippen LogP contribution < -0.4 is 5.56 Å². The van der Waals surface area contributed by atoms with Crippen LogP contribution in [0, 0.1) is 0 Å². The molecule has 1 aromatic heterocycles. The zero-order chi connectivity index (χ0) is 20.1. The average Bonchev–Trinajstić information content (AvgIpc) is 2.70. The highest BCUT2D eigenvalue weighted by Gasteiger charge is 2.28. The molecule has 1 aliphatic rings. The number of rotatable bonds is 5. The van der Waals surface area contributed by atoms with Crippen molar-refractivity contribution in [2.24, 2.45) is 0 Å². The minimum atomic E-state index is -1.16. The van der Waals surface area contributed by atoms with Crippen molar-refractivity contribution in [1.29, 1.82) is 0 Å². The zero-order valence-corrected chi connectivity index (χ0v) is 16.7. The van der Waals surface area contributed by atoms with Crippen LogP contribution >= 0.6 is 7.80 Å². The SMILES string of the molecule is C=C/C=C(\C=C(/C)C(=O)N1CC[P+](=O)CC1)Cc1n[nH]c(=O)c2ccccc12. The van der Waals surface area contributed by atoms with Crippen LogP contribution in [0.1, 0.15) is 12.6 Å². The summed E-state index contributed by atoms with van der Waals surface area (Å²) in [5.41, 5.74) is 1.99. The number of nitrogens with one attached hydrogen (secondary N) is 1. The molecule has 0 spiro atoms. The van der Waals surface area contributed by atoms with Crippen LogP contribution in [0.5, 0.6) is 0 Å². The third-order valence-electron chi connectivity index (χ3n) is 4.74. The Hall–Kier alpha value is -2.85. The molecule has 7 heteroatoms. The third-order valence-corrected chi connectivity index (χ3v) is 6.14. The maximum atomic E-state index is 12.7. The lowest BCUT2D eigenvalue weighted by molar-refractivity contribution is -0.126. The number of fused-ring (bicyclic) bond motifs is 1. The van der Waals surface area contributed by atoms with Gasteiger partial charge in [0.2, 0.25) is 5.91 Å². The van der Waals surface area contributed by atoms with Gasteiger partial charge in [0.1, 0.15) is 0 Å². The second-order valence-electron chi connectivity index (χ2n) is 6.75. The number of nitrogens with zero attached hydrogens (tertiary/aromatic N) is 2. The molecule has 1 aliphatic heterocycles. The Morgan fingerprint density at radius 1 is 1.29 bits per heavy atom. The van der Waals surface area contributed by atoms with E-state index in [9.17, 15) is 14.2 Å². The second kappa shape index (κ2) is 8.89. The number of carbonyl (C=O) groups is 1. The van der Waals surface area contributed by atoms with Gasteiger partial charge in [0, 0.05) is 17.4 Å². The van der Waals surface area contributed by atoms with Gasteiger partial charge in [0.15, 0.2) is 12.3 Å². The quantitative estimate of drug-likeness (QED) is 0.478. The summed E-state index contributed by atoms with van der Waals surface area (Å²) in [7, 11) is -1.16. The Labute approximate surface area is 164 Å². The molecule has 1 aromatic carbocycles. The molecule has 0 saturated carbocycles. The monoisotopic (exact) mass is 396 g/mol. The smallest absolute Gasteiger partial charge is 0.330 e. The summed E-state index contributed by atoms with van der Waals surface area (Å²) >= 11 is 0. The van der Waals surface area contributed by atoms with E-state index in [1.54, 1.807) is 24.0 Å². The van der Waals surface area contributed by atoms with E-state index in [1.165, 1.54) is 0 Å². The number of allylic oxidation sites excluding steroid dienone is 4. The lowest BCUT2D eigenvalue weighted by Crippen LogP contribution is -2.38. The summed E-state index contributed by atoms with van der Waals surface area (Å²) in [6, 6.07) is 7.32. The molecule has 0 aliphatic carbocycles. The van der Waals surface area contributed by atoms with Crippen LogP contribution in [-0.4, -0.2) is 46.4 Å². The fourth-order valence-electron chi connectivity index (χ4n) is 3.29. The highest BCUT2D eigenvalue weighted by atomic mass is 31.1. The topological polar surface area (TPSA) is 83.1 Å². The number of aromatic nitrogens is 2. The summed E-state index contributed by atoms with van der Waals surface area (Å²) in [6.07, 6.45) is 6.93. The standard InChI is InChI=1S/C21H22N3O3P/c1-3-6-16(13-15(2)21(26)24-9-11-28(27)12-10-24)14-19-17-7-4-5-8-18(17)20(25)23-22-19/h3-8,13H,1,9-12,14H2,2H3/p+1/b15-13+,16-6+. The van der Waals surface area contributed by atoms with Gasteiger partial charge in [-0.25, -0.2) is 5.10 Å². The fraction of sp³-hybridized carbons (Fsp3) is 0.286. The number of hydrogen-bond acceptors (Lipinski definition) is 4. The molecule has 3 rings (SSSR count).